The number of aryl methyl sites for hydroxylation is 1. The maximum absolute atomic E-state index is 11.1. The number of aliphatic hydroxyl groups is 4. The van der Waals surface area contributed by atoms with Crippen LogP contribution in [0.5, 0.6) is 0 Å². The highest BCUT2D eigenvalue weighted by Gasteiger charge is 2.39. The summed E-state index contributed by atoms with van der Waals surface area (Å²) in [6.07, 6.45) is 10.0. The summed E-state index contributed by atoms with van der Waals surface area (Å²) >= 11 is 5.10. The van der Waals surface area contributed by atoms with E-state index in [-0.39, 0.29) is 17.6 Å². The largest absolute Gasteiger partial charge is 0.393 e. The van der Waals surface area contributed by atoms with Crippen LogP contribution < -0.4 is 0 Å². The van der Waals surface area contributed by atoms with E-state index in [4.69, 9.17) is 5.11 Å². The Bertz CT molecular complexity index is 686. The van der Waals surface area contributed by atoms with Crippen LogP contribution in [0.4, 0.5) is 0 Å². The number of thiophene rings is 1. The second-order valence-electron chi connectivity index (χ2n) is 7.60. The first-order valence-electron chi connectivity index (χ1n) is 10.1. The number of rotatable bonds is 12. The summed E-state index contributed by atoms with van der Waals surface area (Å²) in [4.78, 5) is 12.3. The third-order valence-corrected chi connectivity index (χ3v) is 7.05. The lowest BCUT2D eigenvalue weighted by Gasteiger charge is -2.19. The summed E-state index contributed by atoms with van der Waals surface area (Å²) in [5.41, 5.74) is 0. The molecule has 5 nitrogen and oxygen atoms in total. The van der Waals surface area contributed by atoms with Gasteiger partial charge in [-0.15, -0.1) is 11.3 Å². The van der Waals surface area contributed by atoms with Crippen molar-refractivity contribution in [1.29, 1.82) is 0 Å². The zero-order valence-electron chi connectivity index (χ0n) is 16.5. The molecule has 1 aliphatic carbocycles. The first-order chi connectivity index (χ1) is 13.9. The van der Waals surface area contributed by atoms with Gasteiger partial charge in [0.25, 0.3) is 0 Å². The van der Waals surface area contributed by atoms with Gasteiger partial charge in [0.05, 0.1) is 22.1 Å². The first kappa shape index (κ1) is 24.4. The lowest BCUT2D eigenvalue weighted by atomic mass is 9.89. The number of Topliss-reactive ketones (excluding diaryl/α,β-unsaturated/α-hetero) is 1. The maximum Gasteiger partial charge on any atom is 0.158 e. The normalized spacial score (nSPS) is 26.0. The fraction of sp³-hybridized carbons (Fsp3) is 0.591. The van der Waals surface area contributed by atoms with Crippen LogP contribution in [0.1, 0.15) is 43.4 Å². The standard InChI is InChI=1S/C22H31BrO5S/c23-22-12-10-17(29-22)9-7-15(25)8-11-19-18(20(27)13-21(19)28)6-4-2-1-3-5-16(26)14-24/h2,4,8,10-12,15,18-21,24-25,27-28H,1,3,5-7,9,13-14H2/t15-,18-,19-,20+,21-/m1/s1. The van der Waals surface area contributed by atoms with E-state index in [0.29, 0.717) is 32.1 Å². The summed E-state index contributed by atoms with van der Waals surface area (Å²) in [6.45, 7) is -0.402. The Kier molecular flexibility index (Phi) is 10.8. The monoisotopic (exact) mass is 486 g/mol. The molecule has 1 saturated carbocycles. The van der Waals surface area contributed by atoms with Crippen molar-refractivity contribution in [2.45, 2.75) is 63.3 Å². The molecule has 0 aliphatic heterocycles. The van der Waals surface area contributed by atoms with Crippen molar-refractivity contribution in [1.82, 2.24) is 0 Å². The zero-order valence-corrected chi connectivity index (χ0v) is 18.9. The molecule has 0 spiro atoms. The molecule has 1 heterocycles. The van der Waals surface area contributed by atoms with Gasteiger partial charge in [0.2, 0.25) is 0 Å². The quantitative estimate of drug-likeness (QED) is 0.268. The van der Waals surface area contributed by atoms with E-state index in [1.165, 1.54) is 4.88 Å². The van der Waals surface area contributed by atoms with Gasteiger partial charge >= 0.3 is 0 Å². The average molecular weight is 487 g/mol. The number of halogens is 1. The predicted molar refractivity (Wildman–Crippen MR) is 119 cm³/mol. The summed E-state index contributed by atoms with van der Waals surface area (Å²) in [5.74, 6) is -0.420. The molecule has 0 radical (unpaired) electrons. The van der Waals surface area contributed by atoms with Crippen molar-refractivity contribution >= 4 is 33.0 Å². The highest BCUT2D eigenvalue weighted by Crippen LogP contribution is 2.36. The Morgan fingerprint density at radius 3 is 2.76 bits per heavy atom. The second kappa shape index (κ2) is 12.8. The minimum Gasteiger partial charge on any atom is -0.393 e. The molecule has 1 aliphatic rings. The van der Waals surface area contributed by atoms with Crippen molar-refractivity contribution in [3.05, 3.63) is 45.1 Å². The molecular weight excluding hydrogens is 456 g/mol. The van der Waals surface area contributed by atoms with E-state index in [1.807, 2.05) is 30.4 Å². The molecule has 29 heavy (non-hydrogen) atoms. The SMILES string of the molecule is O=C(CO)CCCC=CC[C@@H]1[C@@H](C=C[C@H](O)CCc2ccc(Br)s2)[C@H](O)C[C@@H]1O. The summed E-state index contributed by atoms with van der Waals surface area (Å²) < 4.78 is 1.08. The number of ketones is 1. The van der Waals surface area contributed by atoms with Crippen LogP contribution >= 0.6 is 27.3 Å². The highest BCUT2D eigenvalue weighted by molar-refractivity contribution is 9.11. The van der Waals surface area contributed by atoms with Crippen LogP contribution in [0.15, 0.2) is 40.2 Å². The lowest BCUT2D eigenvalue weighted by Crippen LogP contribution is -2.20. The van der Waals surface area contributed by atoms with E-state index in [9.17, 15) is 20.1 Å². The van der Waals surface area contributed by atoms with Crippen LogP contribution in [0, 0.1) is 11.8 Å². The van der Waals surface area contributed by atoms with Crippen LogP contribution in [-0.4, -0.2) is 51.1 Å². The Balaban J connectivity index is 1.80. The van der Waals surface area contributed by atoms with Gasteiger partial charge in [0.15, 0.2) is 5.78 Å². The Morgan fingerprint density at radius 2 is 2.07 bits per heavy atom. The summed E-state index contributed by atoms with van der Waals surface area (Å²) in [5, 5.41) is 39.6. The molecule has 0 aromatic carbocycles. The van der Waals surface area contributed by atoms with E-state index in [0.717, 1.165) is 16.6 Å². The summed E-state index contributed by atoms with van der Waals surface area (Å²) in [6, 6.07) is 4.05. The van der Waals surface area contributed by atoms with Crippen molar-refractivity contribution < 1.29 is 25.2 Å². The molecule has 0 unspecified atom stereocenters. The van der Waals surface area contributed by atoms with Crippen molar-refractivity contribution in [2.24, 2.45) is 11.8 Å². The molecular formula is C22H31BrO5S. The second-order valence-corrected chi connectivity index (χ2v) is 10.2. The molecule has 162 valence electrons. The average Bonchev–Trinajstić information content (AvgIpc) is 3.23. The zero-order chi connectivity index (χ0) is 21.2. The van der Waals surface area contributed by atoms with Gasteiger partial charge in [-0.3, -0.25) is 4.79 Å². The number of aliphatic hydroxyl groups excluding tert-OH is 4. The number of unbranched alkanes of at least 4 members (excludes halogenated alkanes) is 1. The molecule has 1 aromatic heterocycles. The van der Waals surface area contributed by atoms with E-state index in [1.54, 1.807) is 17.4 Å². The molecule has 5 atom stereocenters. The van der Waals surface area contributed by atoms with Crippen LogP contribution in [0.3, 0.4) is 0 Å². The van der Waals surface area contributed by atoms with Crippen molar-refractivity contribution in [3.63, 3.8) is 0 Å². The number of carbonyl (C=O) groups excluding carboxylic acids is 1. The van der Waals surface area contributed by atoms with Crippen molar-refractivity contribution in [3.8, 4) is 0 Å². The van der Waals surface area contributed by atoms with Crippen LogP contribution in [-0.2, 0) is 11.2 Å². The van der Waals surface area contributed by atoms with E-state index < -0.39 is 24.9 Å². The van der Waals surface area contributed by atoms with Gasteiger partial charge in [-0.1, -0.05) is 24.3 Å². The third-order valence-electron chi connectivity index (χ3n) is 5.36. The maximum atomic E-state index is 11.1. The van der Waals surface area contributed by atoms with Gasteiger partial charge in [0.1, 0.15) is 6.61 Å². The lowest BCUT2D eigenvalue weighted by molar-refractivity contribution is -0.121. The number of carbonyl (C=O) groups is 1. The van der Waals surface area contributed by atoms with Gasteiger partial charge in [-0.2, -0.15) is 0 Å². The van der Waals surface area contributed by atoms with Gasteiger partial charge < -0.3 is 20.4 Å². The van der Waals surface area contributed by atoms with E-state index in [2.05, 4.69) is 15.9 Å². The minimum absolute atomic E-state index is 0.0861. The molecule has 0 saturated heterocycles. The molecule has 0 amide bonds. The Labute approximate surface area is 184 Å². The van der Waals surface area contributed by atoms with Gasteiger partial charge in [0, 0.05) is 23.6 Å². The van der Waals surface area contributed by atoms with Gasteiger partial charge in [-0.25, -0.2) is 0 Å². The summed E-state index contributed by atoms with van der Waals surface area (Å²) in [7, 11) is 0. The van der Waals surface area contributed by atoms with Crippen molar-refractivity contribution in [2.75, 3.05) is 6.61 Å². The van der Waals surface area contributed by atoms with Gasteiger partial charge in [-0.05, 0) is 66.1 Å². The molecule has 1 aromatic rings. The third kappa shape index (κ3) is 8.44. The fourth-order valence-electron chi connectivity index (χ4n) is 3.70. The molecule has 2 rings (SSSR count). The molecule has 0 bridgehead atoms. The smallest absolute Gasteiger partial charge is 0.158 e. The Hall–Kier alpha value is -0.830. The van der Waals surface area contributed by atoms with E-state index >= 15 is 0 Å². The topological polar surface area (TPSA) is 98.0 Å². The van der Waals surface area contributed by atoms with Crippen LogP contribution in [0.25, 0.3) is 0 Å². The molecule has 7 heteroatoms. The molecule has 4 N–H and O–H groups in total. The van der Waals surface area contributed by atoms with Crippen LogP contribution in [0.2, 0.25) is 0 Å². The minimum atomic E-state index is -0.609. The number of hydrogen-bond acceptors (Lipinski definition) is 6. The fourth-order valence-corrected chi connectivity index (χ4v) is 5.20. The first-order valence-corrected chi connectivity index (χ1v) is 11.8. The Morgan fingerprint density at radius 1 is 1.28 bits per heavy atom. The predicted octanol–water partition coefficient (Wildman–Crippen LogP) is 3.40. The molecule has 1 fully saturated rings. The number of allylic oxidation sites excluding steroid dienone is 2. The number of hydrogen-bond donors (Lipinski definition) is 4. The highest BCUT2D eigenvalue weighted by atomic mass is 79.9.